The van der Waals surface area contributed by atoms with E-state index in [1.165, 1.54) is 12.0 Å². The lowest BCUT2D eigenvalue weighted by atomic mass is 9.99. The summed E-state index contributed by atoms with van der Waals surface area (Å²) in [4.78, 5) is 15.4. The molecule has 0 spiro atoms. The van der Waals surface area contributed by atoms with E-state index in [0.717, 1.165) is 43.7 Å². The van der Waals surface area contributed by atoms with Gasteiger partial charge < -0.3 is 9.64 Å². The van der Waals surface area contributed by atoms with Gasteiger partial charge in [-0.15, -0.1) is 0 Å². The van der Waals surface area contributed by atoms with Gasteiger partial charge in [0.1, 0.15) is 0 Å². The summed E-state index contributed by atoms with van der Waals surface area (Å²) < 4.78 is 5.75. The molecule has 2 aromatic heterocycles. The van der Waals surface area contributed by atoms with Gasteiger partial charge in [0.15, 0.2) is 0 Å². The van der Waals surface area contributed by atoms with Crippen LogP contribution in [0.2, 0.25) is 0 Å². The predicted molar refractivity (Wildman–Crippen MR) is 84.0 cm³/mol. The molecule has 1 atom stereocenters. The van der Waals surface area contributed by atoms with Crippen LogP contribution in [0.3, 0.4) is 0 Å². The summed E-state index contributed by atoms with van der Waals surface area (Å²) in [6.07, 6.45) is 8.95. The second-order valence-corrected chi connectivity index (χ2v) is 6.17. The number of thiazole rings is 1. The van der Waals surface area contributed by atoms with Gasteiger partial charge in [0.05, 0.1) is 6.61 Å². The van der Waals surface area contributed by atoms with Gasteiger partial charge in [0, 0.05) is 43.0 Å². The summed E-state index contributed by atoms with van der Waals surface area (Å²) in [7, 11) is 0. The molecular formula is C15H20N4OS. The molecule has 21 heavy (non-hydrogen) atoms. The summed E-state index contributed by atoms with van der Waals surface area (Å²) >= 11 is 1.54. The van der Waals surface area contributed by atoms with E-state index in [-0.39, 0.29) is 0 Å². The molecule has 2 aromatic rings. The number of piperidine rings is 1. The number of nitrogens with zero attached hydrogens (tertiary/aromatic N) is 4. The third kappa shape index (κ3) is 3.69. The molecule has 0 N–H and O–H groups in total. The average Bonchev–Trinajstić information content (AvgIpc) is 3.07. The first-order chi connectivity index (χ1) is 10.3. The number of rotatable bonds is 5. The minimum absolute atomic E-state index is 0.511. The van der Waals surface area contributed by atoms with Crippen molar-refractivity contribution in [2.75, 3.05) is 24.6 Å². The maximum Gasteiger partial charge on any atom is 0.273 e. The first-order valence-electron chi connectivity index (χ1n) is 7.43. The van der Waals surface area contributed by atoms with Crippen molar-refractivity contribution >= 4 is 17.3 Å². The zero-order chi connectivity index (χ0) is 14.5. The summed E-state index contributed by atoms with van der Waals surface area (Å²) in [5, 5.41) is 2.70. The topological polar surface area (TPSA) is 51.1 Å². The van der Waals surface area contributed by atoms with Crippen molar-refractivity contribution in [3.8, 4) is 5.19 Å². The fraction of sp³-hybridized carbons (Fsp3) is 0.533. The lowest BCUT2D eigenvalue weighted by Crippen LogP contribution is -2.38. The molecule has 0 radical (unpaired) electrons. The molecule has 1 unspecified atom stereocenters. The van der Waals surface area contributed by atoms with Crippen LogP contribution in [0.25, 0.3) is 0 Å². The lowest BCUT2D eigenvalue weighted by molar-refractivity contribution is 0.227. The zero-order valence-corrected chi connectivity index (χ0v) is 13.1. The van der Waals surface area contributed by atoms with Crippen LogP contribution in [0.1, 0.15) is 25.3 Å². The zero-order valence-electron chi connectivity index (χ0n) is 12.2. The molecule has 0 saturated carbocycles. The van der Waals surface area contributed by atoms with Crippen molar-refractivity contribution in [3.05, 3.63) is 29.5 Å². The van der Waals surface area contributed by atoms with Crippen molar-refractivity contribution in [3.63, 3.8) is 0 Å². The first-order valence-corrected chi connectivity index (χ1v) is 8.31. The van der Waals surface area contributed by atoms with Crippen LogP contribution in [0.15, 0.2) is 24.0 Å². The van der Waals surface area contributed by atoms with Crippen molar-refractivity contribution in [2.24, 2.45) is 5.92 Å². The van der Waals surface area contributed by atoms with E-state index < -0.39 is 0 Å². The highest BCUT2D eigenvalue weighted by Gasteiger charge is 2.22. The number of aryl methyl sites for hydroxylation is 1. The van der Waals surface area contributed by atoms with Crippen LogP contribution in [-0.4, -0.2) is 34.6 Å². The van der Waals surface area contributed by atoms with Gasteiger partial charge in [-0.1, -0.05) is 18.3 Å². The fourth-order valence-corrected chi connectivity index (χ4v) is 3.04. The highest BCUT2D eigenvalue weighted by molar-refractivity contribution is 7.11. The largest absolute Gasteiger partial charge is 0.470 e. The molecule has 6 heteroatoms. The molecule has 3 rings (SSSR count). The minimum Gasteiger partial charge on any atom is -0.470 e. The van der Waals surface area contributed by atoms with Crippen LogP contribution in [0.4, 0.5) is 5.95 Å². The normalized spacial score (nSPS) is 18.7. The van der Waals surface area contributed by atoms with Crippen molar-refractivity contribution in [1.82, 2.24) is 15.0 Å². The Labute approximate surface area is 129 Å². The van der Waals surface area contributed by atoms with Gasteiger partial charge >= 0.3 is 0 Å². The van der Waals surface area contributed by atoms with Crippen LogP contribution in [-0.2, 0) is 6.42 Å². The van der Waals surface area contributed by atoms with Gasteiger partial charge in [-0.25, -0.2) is 15.0 Å². The monoisotopic (exact) mass is 304 g/mol. The van der Waals surface area contributed by atoms with E-state index in [2.05, 4.69) is 26.8 Å². The van der Waals surface area contributed by atoms with E-state index in [1.807, 2.05) is 17.8 Å². The molecule has 0 bridgehead atoms. The number of ether oxygens (including phenoxy) is 1. The highest BCUT2D eigenvalue weighted by atomic mass is 32.1. The number of anilines is 1. The van der Waals surface area contributed by atoms with Gasteiger partial charge in [0.2, 0.25) is 5.95 Å². The Morgan fingerprint density at radius 1 is 1.33 bits per heavy atom. The summed E-state index contributed by atoms with van der Waals surface area (Å²) in [5.74, 6) is 1.35. The molecule has 1 aliphatic heterocycles. The van der Waals surface area contributed by atoms with Crippen LogP contribution >= 0.6 is 11.3 Å². The second-order valence-electron chi connectivity index (χ2n) is 5.31. The van der Waals surface area contributed by atoms with E-state index in [0.29, 0.717) is 5.92 Å². The van der Waals surface area contributed by atoms with E-state index >= 15 is 0 Å². The molecule has 3 heterocycles. The molecule has 1 saturated heterocycles. The molecular weight excluding hydrogens is 284 g/mol. The third-order valence-electron chi connectivity index (χ3n) is 3.75. The summed E-state index contributed by atoms with van der Waals surface area (Å²) in [5.41, 5.74) is 1.18. The number of hydrogen-bond donors (Lipinski definition) is 0. The van der Waals surface area contributed by atoms with Crippen molar-refractivity contribution in [1.29, 1.82) is 0 Å². The standard InChI is InChI=1S/C15H20N4OS/c1-2-12-8-17-14(18-9-12)19-6-3-4-13(10-19)11-20-15-16-5-7-21-15/h5,7-9,13H,2-4,6,10-11H2,1H3. The fourth-order valence-electron chi connectivity index (χ4n) is 2.55. The second kappa shape index (κ2) is 6.85. The smallest absolute Gasteiger partial charge is 0.273 e. The van der Waals surface area contributed by atoms with Crippen molar-refractivity contribution in [2.45, 2.75) is 26.2 Å². The predicted octanol–water partition coefficient (Wildman–Crippen LogP) is 2.79. The third-order valence-corrected chi connectivity index (χ3v) is 4.44. The Kier molecular flexibility index (Phi) is 4.65. The van der Waals surface area contributed by atoms with Gasteiger partial charge in [0.25, 0.3) is 5.19 Å². The Balaban J connectivity index is 1.56. The Hall–Kier alpha value is -1.69. The molecule has 1 aliphatic rings. The van der Waals surface area contributed by atoms with Gasteiger partial charge in [-0.2, -0.15) is 0 Å². The molecule has 0 amide bonds. The van der Waals surface area contributed by atoms with Crippen LogP contribution < -0.4 is 9.64 Å². The summed E-state index contributed by atoms with van der Waals surface area (Å²) in [6, 6.07) is 0. The van der Waals surface area contributed by atoms with E-state index in [9.17, 15) is 0 Å². The molecule has 0 aromatic carbocycles. The van der Waals surface area contributed by atoms with Gasteiger partial charge in [-0.3, -0.25) is 0 Å². The maximum atomic E-state index is 5.75. The Morgan fingerprint density at radius 3 is 2.90 bits per heavy atom. The average molecular weight is 304 g/mol. The Morgan fingerprint density at radius 2 is 2.19 bits per heavy atom. The highest BCUT2D eigenvalue weighted by Crippen LogP contribution is 2.22. The molecule has 1 fully saturated rings. The first kappa shape index (κ1) is 14.3. The molecule has 0 aliphatic carbocycles. The lowest BCUT2D eigenvalue weighted by Gasteiger charge is -2.32. The number of aromatic nitrogens is 3. The quantitative estimate of drug-likeness (QED) is 0.850. The number of hydrogen-bond acceptors (Lipinski definition) is 6. The van der Waals surface area contributed by atoms with Crippen molar-refractivity contribution < 1.29 is 4.74 Å². The minimum atomic E-state index is 0.511. The summed E-state index contributed by atoms with van der Waals surface area (Å²) in [6.45, 7) is 4.82. The maximum absolute atomic E-state index is 5.75. The SMILES string of the molecule is CCc1cnc(N2CCCC(COc3nccs3)C2)nc1. The van der Waals surface area contributed by atoms with Gasteiger partial charge in [-0.05, 0) is 24.8 Å². The van der Waals surface area contributed by atoms with E-state index in [4.69, 9.17) is 4.74 Å². The Bertz CT molecular complexity index is 543. The van der Waals surface area contributed by atoms with Crippen LogP contribution in [0.5, 0.6) is 5.19 Å². The molecule has 5 nitrogen and oxygen atoms in total. The van der Waals surface area contributed by atoms with Crippen LogP contribution in [0, 0.1) is 5.92 Å². The van der Waals surface area contributed by atoms with E-state index in [1.54, 1.807) is 17.5 Å². The molecule has 112 valence electrons.